The number of carbonyl (C=O) groups is 1. The van der Waals surface area contributed by atoms with E-state index in [1.165, 1.54) is 5.56 Å². The minimum absolute atomic E-state index is 0.0990. The van der Waals surface area contributed by atoms with Crippen molar-refractivity contribution in [2.45, 2.75) is 27.3 Å². The number of amides is 1. The van der Waals surface area contributed by atoms with Gasteiger partial charge in [-0.2, -0.15) is 4.68 Å². The Balaban J connectivity index is 1.37. The summed E-state index contributed by atoms with van der Waals surface area (Å²) < 4.78 is 7.25. The van der Waals surface area contributed by atoms with Gasteiger partial charge in [0.15, 0.2) is 5.82 Å². The number of hydrogen-bond donors (Lipinski definition) is 0. The van der Waals surface area contributed by atoms with Crippen LogP contribution in [0.15, 0.2) is 42.5 Å². The molecule has 1 amide bonds. The van der Waals surface area contributed by atoms with Crippen molar-refractivity contribution in [1.82, 2.24) is 30.0 Å². The predicted molar refractivity (Wildman–Crippen MR) is 117 cm³/mol. The predicted octanol–water partition coefficient (Wildman–Crippen LogP) is 2.64. The van der Waals surface area contributed by atoms with Crippen molar-refractivity contribution in [3.8, 4) is 11.4 Å². The fourth-order valence-electron chi connectivity index (χ4n) is 3.72. The maximum absolute atomic E-state index is 12.9. The van der Waals surface area contributed by atoms with Gasteiger partial charge >= 0.3 is 0 Å². The highest BCUT2D eigenvalue weighted by Crippen LogP contribution is 2.17. The molecule has 0 atom stereocenters. The van der Waals surface area contributed by atoms with Crippen LogP contribution in [0.2, 0.25) is 0 Å². The van der Waals surface area contributed by atoms with Crippen LogP contribution in [-0.2, 0) is 6.54 Å². The Morgan fingerprint density at radius 3 is 2.42 bits per heavy atom. The van der Waals surface area contributed by atoms with E-state index in [-0.39, 0.29) is 5.91 Å². The first-order chi connectivity index (χ1) is 15.0. The van der Waals surface area contributed by atoms with Crippen molar-refractivity contribution in [2.24, 2.45) is 0 Å². The summed E-state index contributed by atoms with van der Waals surface area (Å²) in [7, 11) is 0. The zero-order valence-electron chi connectivity index (χ0n) is 18.3. The van der Waals surface area contributed by atoms with Gasteiger partial charge in [0.1, 0.15) is 5.75 Å². The molecule has 2 aromatic carbocycles. The van der Waals surface area contributed by atoms with E-state index in [0.717, 1.165) is 41.5 Å². The third kappa shape index (κ3) is 4.74. The monoisotopic (exact) mass is 420 g/mol. The maximum Gasteiger partial charge on any atom is 0.253 e. The van der Waals surface area contributed by atoms with Gasteiger partial charge in [-0.1, -0.05) is 6.07 Å². The number of nitrogens with zero attached hydrogens (tertiary/aromatic N) is 6. The second kappa shape index (κ2) is 9.26. The van der Waals surface area contributed by atoms with Crippen LogP contribution in [0, 0.1) is 13.8 Å². The zero-order chi connectivity index (χ0) is 21.8. The van der Waals surface area contributed by atoms with Gasteiger partial charge in [-0.05, 0) is 78.7 Å². The number of aromatic nitrogens is 4. The van der Waals surface area contributed by atoms with E-state index in [4.69, 9.17) is 4.74 Å². The number of benzene rings is 2. The Morgan fingerprint density at radius 1 is 1.00 bits per heavy atom. The normalized spacial score (nSPS) is 14.6. The summed E-state index contributed by atoms with van der Waals surface area (Å²) in [6.07, 6.45) is 0. The van der Waals surface area contributed by atoms with Crippen molar-refractivity contribution in [3.05, 3.63) is 65.0 Å². The van der Waals surface area contributed by atoms with Crippen molar-refractivity contribution in [2.75, 3.05) is 32.8 Å². The first-order valence-corrected chi connectivity index (χ1v) is 10.6. The number of tetrazole rings is 1. The van der Waals surface area contributed by atoms with Crippen LogP contribution in [0.4, 0.5) is 0 Å². The quantitative estimate of drug-likeness (QED) is 0.610. The Bertz CT molecular complexity index is 1040. The molecule has 8 heteroatoms. The van der Waals surface area contributed by atoms with E-state index >= 15 is 0 Å². The fraction of sp³-hybridized carbons (Fsp3) is 0.391. The van der Waals surface area contributed by atoms with Gasteiger partial charge in [0.25, 0.3) is 5.91 Å². The van der Waals surface area contributed by atoms with Crippen molar-refractivity contribution in [3.63, 3.8) is 0 Å². The van der Waals surface area contributed by atoms with Crippen LogP contribution in [0.3, 0.4) is 0 Å². The molecule has 1 aliphatic heterocycles. The van der Waals surface area contributed by atoms with Gasteiger partial charge in [-0.25, -0.2) is 0 Å². The maximum atomic E-state index is 12.9. The molecular formula is C23H28N6O2. The lowest BCUT2D eigenvalue weighted by Crippen LogP contribution is -2.48. The van der Waals surface area contributed by atoms with Gasteiger partial charge in [-0.15, -0.1) is 5.10 Å². The first-order valence-electron chi connectivity index (χ1n) is 10.6. The van der Waals surface area contributed by atoms with Gasteiger partial charge in [0.2, 0.25) is 0 Å². The van der Waals surface area contributed by atoms with Crippen LogP contribution in [0.25, 0.3) is 5.69 Å². The average molecular weight is 421 g/mol. The van der Waals surface area contributed by atoms with Gasteiger partial charge in [-0.3, -0.25) is 9.69 Å². The molecule has 0 bridgehead atoms. The van der Waals surface area contributed by atoms with E-state index in [2.05, 4.69) is 27.3 Å². The molecule has 1 aromatic heterocycles. The number of ether oxygens (including phenoxy) is 1. The number of rotatable bonds is 6. The third-order valence-electron chi connectivity index (χ3n) is 5.70. The van der Waals surface area contributed by atoms with E-state index in [9.17, 15) is 4.79 Å². The largest absolute Gasteiger partial charge is 0.494 e. The van der Waals surface area contributed by atoms with Crippen LogP contribution >= 0.6 is 0 Å². The topological polar surface area (TPSA) is 76.4 Å². The summed E-state index contributed by atoms with van der Waals surface area (Å²) in [6.45, 7) is 10.3. The summed E-state index contributed by atoms with van der Waals surface area (Å²) in [5.41, 5.74) is 4.00. The van der Waals surface area contributed by atoms with Gasteiger partial charge in [0.05, 0.1) is 18.8 Å². The lowest BCUT2D eigenvalue weighted by atomic mass is 10.1. The minimum Gasteiger partial charge on any atom is -0.494 e. The Morgan fingerprint density at radius 2 is 1.74 bits per heavy atom. The lowest BCUT2D eigenvalue weighted by molar-refractivity contribution is 0.0624. The minimum atomic E-state index is 0.0990. The molecule has 0 aliphatic carbocycles. The second-order valence-electron chi connectivity index (χ2n) is 7.80. The molecule has 2 heterocycles. The third-order valence-corrected chi connectivity index (χ3v) is 5.70. The SMILES string of the molecule is CCOc1ccc(-n2nnnc2CN2CCN(C(=O)c3ccc(C)c(C)c3)CC2)cc1. The number of aryl methyl sites for hydroxylation is 2. The Labute approximate surface area is 182 Å². The van der Waals surface area contributed by atoms with E-state index in [1.54, 1.807) is 4.68 Å². The zero-order valence-corrected chi connectivity index (χ0v) is 18.3. The van der Waals surface area contributed by atoms with Gasteiger partial charge in [0, 0.05) is 31.7 Å². The summed E-state index contributed by atoms with van der Waals surface area (Å²) in [5, 5.41) is 12.2. The smallest absolute Gasteiger partial charge is 0.253 e. The lowest BCUT2D eigenvalue weighted by Gasteiger charge is -2.34. The number of hydrogen-bond acceptors (Lipinski definition) is 6. The van der Waals surface area contributed by atoms with Crippen molar-refractivity contribution in [1.29, 1.82) is 0 Å². The number of carbonyl (C=O) groups excluding carboxylic acids is 1. The fourth-order valence-corrected chi connectivity index (χ4v) is 3.72. The highest BCUT2D eigenvalue weighted by atomic mass is 16.5. The Hall–Kier alpha value is -3.26. The molecule has 3 aromatic rings. The first kappa shape index (κ1) is 21.0. The highest BCUT2D eigenvalue weighted by molar-refractivity contribution is 5.94. The van der Waals surface area contributed by atoms with Crippen molar-refractivity contribution < 1.29 is 9.53 Å². The molecule has 0 N–H and O–H groups in total. The molecule has 8 nitrogen and oxygen atoms in total. The molecule has 4 rings (SSSR count). The highest BCUT2D eigenvalue weighted by Gasteiger charge is 2.24. The summed E-state index contributed by atoms with van der Waals surface area (Å²) in [5.74, 6) is 1.70. The van der Waals surface area contributed by atoms with Crippen LogP contribution in [0.1, 0.15) is 34.2 Å². The average Bonchev–Trinajstić information content (AvgIpc) is 3.24. The molecule has 0 spiro atoms. The van der Waals surface area contributed by atoms with E-state index in [0.29, 0.717) is 26.2 Å². The molecule has 0 saturated carbocycles. The molecule has 1 saturated heterocycles. The molecular weight excluding hydrogens is 392 g/mol. The molecule has 31 heavy (non-hydrogen) atoms. The second-order valence-corrected chi connectivity index (χ2v) is 7.80. The number of piperazine rings is 1. The molecule has 0 radical (unpaired) electrons. The van der Waals surface area contributed by atoms with Gasteiger partial charge < -0.3 is 9.64 Å². The molecule has 162 valence electrons. The van der Waals surface area contributed by atoms with Crippen LogP contribution in [-0.4, -0.2) is 68.7 Å². The van der Waals surface area contributed by atoms with E-state index in [1.807, 2.05) is 61.2 Å². The van der Waals surface area contributed by atoms with Crippen LogP contribution < -0.4 is 4.74 Å². The Kier molecular flexibility index (Phi) is 6.27. The van der Waals surface area contributed by atoms with Crippen molar-refractivity contribution >= 4 is 5.91 Å². The molecule has 1 aliphatic rings. The molecule has 0 unspecified atom stereocenters. The summed E-state index contributed by atoms with van der Waals surface area (Å²) >= 11 is 0. The van der Waals surface area contributed by atoms with Crippen LogP contribution in [0.5, 0.6) is 5.75 Å². The summed E-state index contributed by atoms with van der Waals surface area (Å²) in [4.78, 5) is 17.1. The van der Waals surface area contributed by atoms with E-state index < -0.39 is 0 Å². The standard InChI is InChI=1S/C23H28N6O2/c1-4-31-21-9-7-20(8-10-21)29-22(24-25-26-29)16-27-11-13-28(14-12-27)23(30)19-6-5-17(2)18(3)15-19/h5-10,15H,4,11-14,16H2,1-3H3. The summed E-state index contributed by atoms with van der Waals surface area (Å²) in [6, 6.07) is 13.6. The molecule has 1 fully saturated rings.